The van der Waals surface area contributed by atoms with E-state index in [0.29, 0.717) is 6.42 Å². The Labute approximate surface area is 85.6 Å². The van der Waals surface area contributed by atoms with Gasteiger partial charge in [0.1, 0.15) is 5.84 Å². The number of unbranched alkanes of at least 4 members (excludes halogenated alkanes) is 1. The molecular weight excluding hydrogens is 178 g/mol. The molecule has 80 valence electrons. The number of terminal acetylenes is 1. The average Bonchev–Trinajstić information content (AvgIpc) is 2.22. The fourth-order valence-corrected chi connectivity index (χ4v) is 1.15. The summed E-state index contributed by atoms with van der Waals surface area (Å²) in [4.78, 5) is 0. The first-order valence-electron chi connectivity index (χ1n) is 4.87. The molecular formula is C10H19N3O. The fraction of sp³-hybridized carbons (Fsp3) is 0.700. The molecule has 0 radical (unpaired) electrons. The Morgan fingerprint density at radius 3 is 2.93 bits per heavy atom. The van der Waals surface area contributed by atoms with Crippen LogP contribution >= 0.6 is 0 Å². The number of nitrogens with zero attached hydrogens (tertiary/aromatic N) is 1. The van der Waals surface area contributed by atoms with E-state index in [9.17, 15) is 0 Å². The Morgan fingerprint density at radius 2 is 2.43 bits per heavy atom. The van der Waals surface area contributed by atoms with Crippen molar-refractivity contribution in [3.8, 4) is 12.3 Å². The van der Waals surface area contributed by atoms with Crippen molar-refractivity contribution in [1.29, 1.82) is 0 Å². The van der Waals surface area contributed by atoms with Crippen LogP contribution in [0.3, 0.4) is 0 Å². The zero-order chi connectivity index (χ0) is 10.8. The SMILES string of the molecule is C#CCCCNC(CC)CC(N)=NO. The zero-order valence-corrected chi connectivity index (χ0v) is 8.66. The molecule has 4 N–H and O–H groups in total. The third-order valence-corrected chi connectivity index (χ3v) is 2.01. The predicted octanol–water partition coefficient (Wildman–Crippen LogP) is 0.905. The summed E-state index contributed by atoms with van der Waals surface area (Å²) in [6, 6.07) is 0.267. The second-order valence-electron chi connectivity index (χ2n) is 3.16. The quantitative estimate of drug-likeness (QED) is 0.142. The minimum atomic E-state index is 0.265. The Morgan fingerprint density at radius 1 is 1.71 bits per heavy atom. The maximum atomic E-state index is 8.40. The van der Waals surface area contributed by atoms with Gasteiger partial charge in [-0.05, 0) is 19.4 Å². The van der Waals surface area contributed by atoms with Gasteiger partial charge in [-0.25, -0.2) is 0 Å². The first kappa shape index (κ1) is 12.8. The van der Waals surface area contributed by atoms with E-state index >= 15 is 0 Å². The van der Waals surface area contributed by atoms with Gasteiger partial charge in [-0.3, -0.25) is 0 Å². The molecule has 0 amide bonds. The predicted molar refractivity (Wildman–Crippen MR) is 58.2 cm³/mol. The summed E-state index contributed by atoms with van der Waals surface area (Å²) < 4.78 is 0. The van der Waals surface area contributed by atoms with Crippen LogP contribution in [-0.2, 0) is 0 Å². The average molecular weight is 197 g/mol. The van der Waals surface area contributed by atoms with Crippen molar-refractivity contribution in [2.75, 3.05) is 6.54 Å². The summed E-state index contributed by atoms with van der Waals surface area (Å²) in [5, 5.41) is 14.6. The second-order valence-corrected chi connectivity index (χ2v) is 3.16. The molecule has 1 unspecified atom stereocenters. The van der Waals surface area contributed by atoms with Crippen molar-refractivity contribution in [3.63, 3.8) is 0 Å². The van der Waals surface area contributed by atoms with Gasteiger partial charge in [-0.2, -0.15) is 0 Å². The van der Waals surface area contributed by atoms with Gasteiger partial charge >= 0.3 is 0 Å². The summed E-state index contributed by atoms with van der Waals surface area (Å²) >= 11 is 0. The Balaban J connectivity index is 3.64. The van der Waals surface area contributed by atoms with Crippen LogP contribution in [0.25, 0.3) is 0 Å². The van der Waals surface area contributed by atoms with Gasteiger partial charge in [0.05, 0.1) is 0 Å². The van der Waals surface area contributed by atoms with Gasteiger partial charge in [0, 0.05) is 18.9 Å². The van der Waals surface area contributed by atoms with Crippen LogP contribution in [0.4, 0.5) is 0 Å². The van der Waals surface area contributed by atoms with Crippen LogP contribution in [0, 0.1) is 12.3 Å². The lowest BCUT2D eigenvalue weighted by atomic mass is 10.1. The van der Waals surface area contributed by atoms with E-state index < -0.39 is 0 Å². The maximum absolute atomic E-state index is 8.40. The fourth-order valence-electron chi connectivity index (χ4n) is 1.15. The molecule has 0 aliphatic carbocycles. The van der Waals surface area contributed by atoms with Gasteiger partial charge < -0.3 is 16.3 Å². The minimum absolute atomic E-state index is 0.265. The highest BCUT2D eigenvalue weighted by molar-refractivity contribution is 5.80. The smallest absolute Gasteiger partial charge is 0.140 e. The second kappa shape index (κ2) is 8.39. The highest BCUT2D eigenvalue weighted by atomic mass is 16.4. The third-order valence-electron chi connectivity index (χ3n) is 2.01. The Bertz CT molecular complexity index is 208. The van der Waals surface area contributed by atoms with E-state index in [1.165, 1.54) is 0 Å². The molecule has 0 fully saturated rings. The Hall–Kier alpha value is -1.21. The molecule has 0 aliphatic rings. The van der Waals surface area contributed by atoms with Crippen molar-refractivity contribution in [2.24, 2.45) is 10.9 Å². The van der Waals surface area contributed by atoms with Crippen LogP contribution in [0.1, 0.15) is 32.6 Å². The van der Waals surface area contributed by atoms with E-state index in [0.717, 1.165) is 25.8 Å². The van der Waals surface area contributed by atoms with Gasteiger partial charge in [-0.15, -0.1) is 12.3 Å². The lowest BCUT2D eigenvalue weighted by molar-refractivity contribution is 0.315. The van der Waals surface area contributed by atoms with Gasteiger partial charge in [0.2, 0.25) is 0 Å². The van der Waals surface area contributed by atoms with Gasteiger partial charge in [0.25, 0.3) is 0 Å². The Kier molecular flexibility index (Phi) is 7.67. The van der Waals surface area contributed by atoms with E-state index in [-0.39, 0.29) is 11.9 Å². The first-order valence-corrected chi connectivity index (χ1v) is 4.87. The summed E-state index contributed by atoms with van der Waals surface area (Å²) in [5.41, 5.74) is 5.41. The molecule has 0 bridgehead atoms. The molecule has 0 saturated heterocycles. The van der Waals surface area contributed by atoms with Crippen LogP contribution in [0.5, 0.6) is 0 Å². The van der Waals surface area contributed by atoms with Crippen molar-refractivity contribution in [1.82, 2.24) is 5.32 Å². The van der Waals surface area contributed by atoms with Gasteiger partial charge in [0.15, 0.2) is 0 Å². The molecule has 0 aliphatic heterocycles. The highest BCUT2D eigenvalue weighted by Gasteiger charge is 2.07. The number of rotatable bonds is 7. The number of nitrogens with one attached hydrogen (secondary N) is 1. The normalized spacial score (nSPS) is 13.6. The lowest BCUT2D eigenvalue weighted by Gasteiger charge is -2.15. The van der Waals surface area contributed by atoms with Crippen molar-refractivity contribution in [2.45, 2.75) is 38.6 Å². The summed E-state index contributed by atoms with van der Waals surface area (Å²) in [7, 11) is 0. The molecule has 0 rings (SSSR count). The van der Waals surface area contributed by atoms with Crippen molar-refractivity contribution in [3.05, 3.63) is 0 Å². The molecule has 0 saturated carbocycles. The van der Waals surface area contributed by atoms with E-state index in [4.69, 9.17) is 17.4 Å². The van der Waals surface area contributed by atoms with Gasteiger partial charge in [-0.1, -0.05) is 12.1 Å². The van der Waals surface area contributed by atoms with Crippen molar-refractivity contribution < 1.29 is 5.21 Å². The number of hydrogen-bond donors (Lipinski definition) is 3. The number of hydrogen-bond acceptors (Lipinski definition) is 3. The maximum Gasteiger partial charge on any atom is 0.140 e. The number of amidine groups is 1. The molecule has 4 nitrogen and oxygen atoms in total. The molecule has 0 spiro atoms. The third kappa shape index (κ3) is 6.32. The highest BCUT2D eigenvalue weighted by Crippen LogP contribution is 1.98. The van der Waals surface area contributed by atoms with Crippen LogP contribution < -0.4 is 11.1 Å². The van der Waals surface area contributed by atoms with E-state index in [1.807, 2.05) is 0 Å². The number of nitrogens with two attached hydrogens (primary N) is 1. The van der Waals surface area contributed by atoms with Crippen LogP contribution in [0.2, 0.25) is 0 Å². The summed E-state index contributed by atoms with van der Waals surface area (Å²) in [5.74, 6) is 2.85. The zero-order valence-electron chi connectivity index (χ0n) is 8.66. The molecule has 0 aromatic heterocycles. The molecule has 0 heterocycles. The topological polar surface area (TPSA) is 70.6 Å². The van der Waals surface area contributed by atoms with Crippen LogP contribution in [-0.4, -0.2) is 23.6 Å². The number of oxime groups is 1. The van der Waals surface area contributed by atoms with E-state index in [2.05, 4.69) is 23.3 Å². The largest absolute Gasteiger partial charge is 0.409 e. The standard InChI is InChI=1S/C10H19N3O/c1-3-5-6-7-12-9(4-2)8-10(11)13-14/h1,9,12,14H,4-8H2,2H3,(H2,11,13). The van der Waals surface area contributed by atoms with Crippen molar-refractivity contribution >= 4 is 5.84 Å². The molecule has 14 heavy (non-hydrogen) atoms. The van der Waals surface area contributed by atoms with Crippen LogP contribution in [0.15, 0.2) is 5.16 Å². The van der Waals surface area contributed by atoms with E-state index in [1.54, 1.807) is 0 Å². The summed E-state index contributed by atoms with van der Waals surface area (Å²) in [6.45, 7) is 2.94. The summed E-state index contributed by atoms with van der Waals surface area (Å²) in [6.07, 6.45) is 8.40. The monoisotopic (exact) mass is 197 g/mol. The molecule has 0 aromatic rings. The molecule has 1 atom stereocenters. The molecule has 0 aromatic carbocycles. The lowest BCUT2D eigenvalue weighted by Crippen LogP contribution is -2.33. The first-order chi connectivity index (χ1) is 6.74. The molecule has 4 heteroatoms. The minimum Gasteiger partial charge on any atom is -0.409 e.